The number of Topliss-reactive ketones (excluding diaryl/α,β-unsaturated/α-hetero) is 1. The molecule has 0 radical (unpaired) electrons. The fraction of sp³-hybridized carbons (Fsp3) is 0.450. The Morgan fingerprint density at radius 3 is 2.82 bits per heavy atom. The molecule has 2 aliphatic rings. The Kier molecular flexibility index (Phi) is 2.59. The van der Waals surface area contributed by atoms with Gasteiger partial charge in [-0.25, -0.2) is 0 Å². The smallest absolute Gasteiger partial charge is 0.150 e. The average molecular weight is 293 g/mol. The van der Waals surface area contributed by atoms with Gasteiger partial charge < -0.3 is 4.98 Å². The third kappa shape index (κ3) is 1.48. The molecule has 0 amide bonds. The minimum Gasteiger partial charge on any atom is -0.361 e. The van der Waals surface area contributed by atoms with Gasteiger partial charge >= 0.3 is 0 Å². The zero-order chi connectivity index (χ0) is 15.7. The van der Waals surface area contributed by atoms with Crippen molar-refractivity contribution in [2.75, 3.05) is 0 Å². The van der Waals surface area contributed by atoms with E-state index in [1.165, 1.54) is 16.5 Å². The normalized spacial score (nSPS) is 32.8. The molecule has 1 N–H and O–H groups in total. The SMILES string of the molecule is C=C[C@@]1(C)CC[C@@H]2[C@H](C1=O)c1c[nH]c3cccc(c13)C2(C)C. The number of carbonyl (C=O) groups is 1. The first kappa shape index (κ1) is 13.8. The van der Waals surface area contributed by atoms with E-state index in [4.69, 9.17) is 0 Å². The average Bonchev–Trinajstić information content (AvgIpc) is 2.92. The van der Waals surface area contributed by atoms with Crippen LogP contribution in [0.1, 0.15) is 50.7 Å². The number of aromatic amines is 1. The van der Waals surface area contributed by atoms with Gasteiger partial charge in [-0.2, -0.15) is 0 Å². The van der Waals surface area contributed by atoms with Gasteiger partial charge in [-0.3, -0.25) is 4.79 Å². The maximum absolute atomic E-state index is 13.3. The lowest BCUT2D eigenvalue weighted by Gasteiger charge is -2.49. The van der Waals surface area contributed by atoms with E-state index in [0.29, 0.717) is 11.7 Å². The van der Waals surface area contributed by atoms with Gasteiger partial charge in [0.05, 0.1) is 0 Å². The minimum atomic E-state index is -0.382. The van der Waals surface area contributed by atoms with Crippen LogP contribution < -0.4 is 0 Å². The molecule has 1 aromatic carbocycles. The quantitative estimate of drug-likeness (QED) is 0.759. The van der Waals surface area contributed by atoms with Crippen molar-refractivity contribution >= 4 is 16.7 Å². The molecule has 1 saturated carbocycles. The molecule has 1 aromatic heterocycles. The summed E-state index contributed by atoms with van der Waals surface area (Å²) in [5.41, 5.74) is 3.38. The molecule has 0 spiro atoms. The van der Waals surface area contributed by atoms with Crippen molar-refractivity contribution in [3.05, 3.63) is 48.2 Å². The first-order valence-electron chi connectivity index (χ1n) is 8.18. The van der Waals surface area contributed by atoms with E-state index < -0.39 is 0 Å². The van der Waals surface area contributed by atoms with Crippen molar-refractivity contribution in [3.8, 4) is 0 Å². The summed E-state index contributed by atoms with van der Waals surface area (Å²) in [7, 11) is 0. The van der Waals surface area contributed by atoms with Crippen LogP contribution in [0.15, 0.2) is 37.1 Å². The lowest BCUT2D eigenvalue weighted by Crippen LogP contribution is -2.47. The Balaban J connectivity index is 2.02. The van der Waals surface area contributed by atoms with Crippen LogP contribution in [0.2, 0.25) is 0 Å². The zero-order valence-electron chi connectivity index (χ0n) is 13.6. The van der Waals surface area contributed by atoms with E-state index >= 15 is 0 Å². The molecule has 4 rings (SSSR count). The van der Waals surface area contributed by atoms with Crippen LogP contribution in [0.25, 0.3) is 10.9 Å². The molecule has 0 aliphatic heterocycles. The van der Waals surface area contributed by atoms with E-state index in [2.05, 4.69) is 56.7 Å². The van der Waals surface area contributed by atoms with Crippen molar-refractivity contribution < 1.29 is 4.79 Å². The zero-order valence-corrected chi connectivity index (χ0v) is 13.6. The molecular formula is C20H23NO. The molecular weight excluding hydrogens is 270 g/mol. The maximum Gasteiger partial charge on any atom is 0.150 e. The Morgan fingerprint density at radius 1 is 1.32 bits per heavy atom. The summed E-state index contributed by atoms with van der Waals surface area (Å²) in [6.07, 6.45) is 5.92. The topological polar surface area (TPSA) is 32.9 Å². The number of carbonyl (C=O) groups excluding carboxylic acids is 1. The predicted octanol–water partition coefficient (Wildman–Crippen LogP) is 4.71. The highest BCUT2D eigenvalue weighted by Gasteiger charge is 2.53. The Morgan fingerprint density at radius 2 is 2.09 bits per heavy atom. The number of nitrogens with one attached hydrogen (secondary N) is 1. The number of fused-ring (bicyclic) bond motifs is 2. The predicted molar refractivity (Wildman–Crippen MR) is 90.1 cm³/mol. The van der Waals surface area contributed by atoms with Crippen LogP contribution in [-0.4, -0.2) is 10.8 Å². The third-order valence-corrected chi connectivity index (χ3v) is 6.37. The first-order valence-corrected chi connectivity index (χ1v) is 8.18. The molecule has 0 saturated heterocycles. The second-order valence-electron chi connectivity index (χ2n) is 7.80. The molecule has 0 unspecified atom stereocenters. The summed E-state index contributed by atoms with van der Waals surface area (Å²) < 4.78 is 0. The van der Waals surface area contributed by atoms with Crippen molar-refractivity contribution in [3.63, 3.8) is 0 Å². The van der Waals surface area contributed by atoms with Crippen LogP contribution in [0.5, 0.6) is 0 Å². The van der Waals surface area contributed by atoms with Gasteiger partial charge in [-0.15, -0.1) is 6.58 Å². The highest BCUT2D eigenvalue weighted by Crippen LogP contribution is 2.57. The molecule has 3 atom stereocenters. The second kappa shape index (κ2) is 4.13. The molecule has 2 heteroatoms. The number of hydrogen-bond donors (Lipinski definition) is 1. The summed E-state index contributed by atoms with van der Waals surface area (Å²) in [4.78, 5) is 16.6. The monoisotopic (exact) mass is 293 g/mol. The summed E-state index contributed by atoms with van der Waals surface area (Å²) in [5, 5.41) is 1.27. The second-order valence-corrected chi connectivity index (χ2v) is 7.80. The van der Waals surface area contributed by atoms with E-state index in [1.807, 2.05) is 6.08 Å². The Bertz CT molecular complexity index is 797. The fourth-order valence-corrected chi connectivity index (χ4v) is 4.81. The summed E-state index contributed by atoms with van der Waals surface area (Å²) in [5.74, 6) is 0.722. The number of aromatic nitrogens is 1. The number of benzene rings is 1. The van der Waals surface area contributed by atoms with E-state index in [-0.39, 0.29) is 16.7 Å². The van der Waals surface area contributed by atoms with Gasteiger partial charge in [0.25, 0.3) is 0 Å². The molecule has 0 bridgehead atoms. The molecule has 2 nitrogen and oxygen atoms in total. The van der Waals surface area contributed by atoms with Gasteiger partial charge in [-0.05, 0) is 48.3 Å². The third-order valence-electron chi connectivity index (χ3n) is 6.37. The summed E-state index contributed by atoms with van der Waals surface area (Å²) >= 11 is 0. The van der Waals surface area contributed by atoms with Crippen LogP contribution in [0.3, 0.4) is 0 Å². The van der Waals surface area contributed by atoms with E-state index in [9.17, 15) is 4.79 Å². The van der Waals surface area contributed by atoms with Gasteiger partial charge in [0, 0.05) is 28.4 Å². The Hall–Kier alpha value is -1.83. The van der Waals surface area contributed by atoms with Gasteiger partial charge in [0.2, 0.25) is 0 Å². The lowest BCUT2D eigenvalue weighted by molar-refractivity contribution is -0.132. The summed E-state index contributed by atoms with van der Waals surface area (Å²) in [6, 6.07) is 6.47. The molecule has 22 heavy (non-hydrogen) atoms. The van der Waals surface area contributed by atoms with Crippen LogP contribution >= 0.6 is 0 Å². The highest BCUT2D eigenvalue weighted by atomic mass is 16.1. The minimum absolute atomic E-state index is 0.00426. The van der Waals surface area contributed by atoms with Crippen LogP contribution in [0.4, 0.5) is 0 Å². The Labute approximate surface area is 131 Å². The fourth-order valence-electron chi connectivity index (χ4n) is 4.81. The highest BCUT2D eigenvalue weighted by molar-refractivity contribution is 6.00. The van der Waals surface area contributed by atoms with Gasteiger partial charge in [0.1, 0.15) is 5.78 Å². The number of H-pyrrole nitrogens is 1. The molecule has 1 fully saturated rings. The maximum atomic E-state index is 13.3. The largest absolute Gasteiger partial charge is 0.361 e. The number of hydrogen-bond acceptors (Lipinski definition) is 1. The van der Waals surface area contributed by atoms with Gasteiger partial charge in [-0.1, -0.05) is 32.1 Å². The van der Waals surface area contributed by atoms with E-state index in [1.54, 1.807) is 0 Å². The van der Waals surface area contributed by atoms with E-state index in [0.717, 1.165) is 18.4 Å². The number of ketones is 1. The first-order chi connectivity index (χ1) is 10.4. The van der Waals surface area contributed by atoms with Crippen molar-refractivity contribution in [1.29, 1.82) is 0 Å². The number of allylic oxidation sites excluding steroid dienone is 1. The summed E-state index contributed by atoms with van der Waals surface area (Å²) in [6.45, 7) is 10.6. The number of rotatable bonds is 1. The van der Waals surface area contributed by atoms with Crippen LogP contribution in [-0.2, 0) is 10.2 Å². The molecule has 1 heterocycles. The van der Waals surface area contributed by atoms with Crippen LogP contribution in [0, 0.1) is 11.3 Å². The lowest BCUT2D eigenvalue weighted by atomic mass is 9.52. The van der Waals surface area contributed by atoms with Gasteiger partial charge in [0.15, 0.2) is 0 Å². The molecule has 114 valence electrons. The van der Waals surface area contributed by atoms with Crippen molar-refractivity contribution in [1.82, 2.24) is 4.98 Å². The standard InChI is InChI=1S/C20H23NO/c1-5-20(4)10-9-14-17(18(20)22)12-11-21-15-8-6-7-13(16(12)15)19(14,2)3/h5-8,11,14,17,21H,1,9-10H2,2-4H3/t14-,17-,20+/m1/s1. The molecule has 2 aliphatic carbocycles. The van der Waals surface area contributed by atoms with Crippen molar-refractivity contribution in [2.45, 2.75) is 44.9 Å². The molecule has 2 aromatic rings. The van der Waals surface area contributed by atoms with Crippen molar-refractivity contribution in [2.24, 2.45) is 11.3 Å².